The molecule has 34 heteroatoms. The van der Waals surface area contributed by atoms with Gasteiger partial charge in [0.15, 0.2) is 0 Å². The third-order valence-corrected chi connectivity index (χ3v) is 14.4. The van der Waals surface area contributed by atoms with Gasteiger partial charge in [-0.15, -0.1) is 0 Å². The smallest absolute Gasteiger partial charge is 0.265 e. The minimum atomic E-state index is -10.7. The number of hydrogen-bond acceptors (Lipinski definition) is 12. The van der Waals surface area contributed by atoms with Crippen LogP contribution in [0.15, 0.2) is 257 Å². The van der Waals surface area contributed by atoms with Crippen LogP contribution in [0.2, 0.25) is 0 Å². The average Bonchev–Trinajstić information content (AvgIpc) is 0.798. The van der Waals surface area contributed by atoms with Crippen molar-refractivity contribution in [1.82, 2.24) is 59.8 Å². The Morgan fingerprint density at radius 1 is 0.160 bits per heavy atom. The van der Waals surface area contributed by atoms with Crippen molar-refractivity contribution in [2.75, 3.05) is 0 Å². The molecule has 0 atom stereocenters. The van der Waals surface area contributed by atoms with Crippen molar-refractivity contribution in [3.05, 3.63) is 324 Å². The number of pyridine rings is 12. The van der Waals surface area contributed by atoms with Gasteiger partial charge in [-0.3, -0.25) is 59.8 Å². The molecule has 0 N–H and O–H groups in total. The molecule has 0 aromatic carbocycles. The topological polar surface area (TPSA) is 155 Å². The van der Waals surface area contributed by atoms with E-state index in [0.717, 1.165) is 111 Å². The van der Waals surface area contributed by atoms with Crippen LogP contribution >= 0.6 is 23.4 Å². The molecule has 12 nitrogen and oxygen atoms in total. The van der Waals surface area contributed by atoms with Gasteiger partial charge in [-0.25, -0.2) is 0 Å². The van der Waals surface area contributed by atoms with Crippen LogP contribution < -0.4 is 0 Å². The van der Waals surface area contributed by atoms with Gasteiger partial charge in [-0.2, -0.15) is 0 Å². The molecular weight excluding hydrogens is 1520 g/mol. The van der Waals surface area contributed by atoms with Crippen molar-refractivity contribution < 1.29 is 92.6 Å². The number of aryl methyl sites for hydroxylation is 12. The molecule has 12 aromatic rings. The molecule has 0 spiro atoms. The third kappa shape index (κ3) is 41.7. The van der Waals surface area contributed by atoms with Crippen LogP contribution in [0.1, 0.15) is 66.8 Å². The van der Waals surface area contributed by atoms with Gasteiger partial charge in [-0.05, 0) is 289 Å². The summed E-state index contributed by atoms with van der Waals surface area (Å²) >= 11 is 0. The van der Waals surface area contributed by atoms with Crippen LogP contribution in [-0.2, 0) is 94.1 Å². The molecule has 0 aliphatic heterocycles. The summed E-state index contributed by atoms with van der Waals surface area (Å²) in [6.07, 6.45) is 45.2. The zero-order chi connectivity index (χ0) is 76.3. The zero-order valence-electron chi connectivity index (χ0n) is 55.6. The van der Waals surface area contributed by atoms with Gasteiger partial charge in [0, 0.05) is 112 Å². The number of nitrogens with zero attached hydrogens (tertiary/aromatic N) is 12. The summed E-state index contributed by atoms with van der Waals surface area (Å²) < 4.78 is 178. The summed E-state index contributed by atoms with van der Waals surface area (Å²) in [4.78, 5) is 51.7. The quantitative estimate of drug-likeness (QED) is 0.0382. The molecule has 0 fully saturated rings. The van der Waals surface area contributed by atoms with Crippen molar-refractivity contribution in [1.29, 1.82) is 0 Å². The SMILES string of the molecule is F[P-](F)(F)(F)(F)F.F[P-](F)(F)(F)(F)F.F[P-](F)(F)(F)(F)F.[Fe+3].c1cc(CCc2ccnc(-c3cc(CCc4ccncc4)ccn3)c2)ccn1.c1cc(CCc2ccnc(-c3cc(CCc4ccncc4)ccn3)c2)ccn1.c1cc(CCc2ccnc(-c3cc(CCc4ccncc4)ccn3)c2)ccn1. The van der Waals surface area contributed by atoms with E-state index in [9.17, 15) is 75.5 Å². The minimum absolute atomic E-state index is 0. The summed E-state index contributed by atoms with van der Waals surface area (Å²) in [5, 5.41) is 0. The van der Waals surface area contributed by atoms with Crippen LogP contribution in [0.4, 0.5) is 75.5 Å². The minimum Gasteiger partial charge on any atom is -0.265 e. The Hall–Kier alpha value is -9.65. The summed E-state index contributed by atoms with van der Waals surface area (Å²) in [6, 6.07) is 50.2. The van der Waals surface area contributed by atoms with Crippen LogP contribution in [-0.4, -0.2) is 59.8 Å². The van der Waals surface area contributed by atoms with Crippen molar-refractivity contribution >= 4 is 23.4 Å². The monoisotopic (exact) mass is 1590 g/mol. The fraction of sp³-hybridized carbons (Fsp3) is 0.167. The van der Waals surface area contributed by atoms with Crippen LogP contribution in [0.25, 0.3) is 34.2 Å². The molecule has 0 amide bonds. The molecule has 0 aliphatic carbocycles. The van der Waals surface area contributed by atoms with E-state index in [-0.39, 0.29) is 17.1 Å². The third-order valence-electron chi connectivity index (χ3n) is 14.4. The largest absolute Gasteiger partial charge is 3.00 e. The molecule has 1 radical (unpaired) electrons. The second-order valence-corrected chi connectivity index (χ2v) is 29.1. The Kier molecular flexibility index (Phi) is 28.3. The van der Waals surface area contributed by atoms with E-state index in [1.165, 1.54) is 66.8 Å². The predicted molar refractivity (Wildman–Crippen MR) is 373 cm³/mol. The Balaban J connectivity index is 0.000000218. The Labute approximate surface area is 608 Å². The van der Waals surface area contributed by atoms with Crippen molar-refractivity contribution in [3.8, 4) is 34.2 Å². The number of aromatic nitrogens is 12. The molecule has 0 unspecified atom stereocenters. The van der Waals surface area contributed by atoms with E-state index < -0.39 is 23.4 Å². The summed E-state index contributed by atoms with van der Waals surface area (Å²) in [5.74, 6) is 0. The zero-order valence-corrected chi connectivity index (χ0v) is 59.4. The normalized spacial score (nSPS) is 13.1. The maximum absolute atomic E-state index is 10.7. The van der Waals surface area contributed by atoms with Crippen molar-refractivity contribution in [2.24, 2.45) is 0 Å². The maximum Gasteiger partial charge on any atom is 3.00 e. The van der Waals surface area contributed by atoms with Gasteiger partial charge in [-0.1, -0.05) is 0 Å². The molecule has 0 bridgehead atoms. The van der Waals surface area contributed by atoms with Crippen molar-refractivity contribution in [3.63, 3.8) is 0 Å². The summed E-state index contributed by atoms with van der Waals surface area (Å²) in [5.41, 5.74) is 21.0. The van der Waals surface area contributed by atoms with Gasteiger partial charge < -0.3 is 0 Å². The molecule has 12 heterocycles. The Morgan fingerprint density at radius 3 is 0.368 bits per heavy atom. The number of hydrogen-bond donors (Lipinski definition) is 0. The van der Waals surface area contributed by atoms with E-state index in [2.05, 4.69) is 205 Å². The maximum atomic E-state index is 9.87. The Morgan fingerprint density at radius 2 is 0.255 bits per heavy atom. The average molecular weight is 1590 g/mol. The number of halogens is 18. The predicted octanol–water partition coefficient (Wildman–Crippen LogP) is 23.7. The van der Waals surface area contributed by atoms with E-state index in [4.69, 9.17) is 0 Å². The van der Waals surface area contributed by atoms with E-state index in [0.29, 0.717) is 0 Å². The molecule has 563 valence electrons. The molecule has 106 heavy (non-hydrogen) atoms. The molecule has 0 saturated heterocycles. The first kappa shape index (κ1) is 85.3. The first-order valence-electron chi connectivity index (χ1n) is 31.7. The molecule has 12 aromatic heterocycles. The molecule has 0 saturated carbocycles. The van der Waals surface area contributed by atoms with E-state index in [1.54, 1.807) is 0 Å². The van der Waals surface area contributed by atoms with Crippen LogP contribution in [0.5, 0.6) is 0 Å². The van der Waals surface area contributed by atoms with Crippen LogP contribution in [0.3, 0.4) is 0 Å². The second-order valence-electron chi connectivity index (χ2n) is 23.3. The fourth-order valence-corrected chi connectivity index (χ4v) is 9.65. The standard InChI is InChI=1S/3C24H22N4.3F6P.Fe/c3*1(19-5-11-25-12-6-19)3-21-9-15-27-23(17-21)24-18-22(10-16-28-24)4-2-20-7-13-26-14-8-20;3*1-7(2,3,4,5)6;/h3*5-18H,1-4H2;;;;/q;;;3*-1;+3. The Bertz CT molecular complexity index is 3910. The second kappa shape index (κ2) is 35.2. The molecular formula is C72H66F18FeN12P3. The molecule has 12 rings (SSSR count). The van der Waals surface area contributed by atoms with E-state index in [1.807, 2.05) is 112 Å². The molecule has 0 aliphatic rings. The van der Waals surface area contributed by atoms with Gasteiger partial charge in [0.1, 0.15) is 0 Å². The van der Waals surface area contributed by atoms with E-state index >= 15 is 0 Å². The van der Waals surface area contributed by atoms with Gasteiger partial charge >= 0.3 is 116 Å². The van der Waals surface area contributed by atoms with Gasteiger partial charge in [0.25, 0.3) is 0 Å². The van der Waals surface area contributed by atoms with Crippen LogP contribution in [0, 0.1) is 0 Å². The van der Waals surface area contributed by atoms with Crippen molar-refractivity contribution in [2.45, 2.75) is 77.0 Å². The summed E-state index contributed by atoms with van der Waals surface area (Å²) in [6.45, 7) is 0. The first-order chi connectivity index (χ1) is 48.9. The first-order valence-corrected chi connectivity index (χ1v) is 37.8. The van der Waals surface area contributed by atoms with Gasteiger partial charge in [0.2, 0.25) is 0 Å². The number of rotatable bonds is 21. The summed E-state index contributed by atoms with van der Waals surface area (Å²) in [7, 11) is -32.0. The van der Waals surface area contributed by atoms with Gasteiger partial charge in [0.05, 0.1) is 34.2 Å². The fourth-order valence-electron chi connectivity index (χ4n) is 9.65.